The van der Waals surface area contributed by atoms with Crippen molar-refractivity contribution >= 4 is 5.97 Å². The predicted molar refractivity (Wildman–Crippen MR) is 111 cm³/mol. The predicted octanol–water partition coefficient (Wildman–Crippen LogP) is 3.89. The maximum absolute atomic E-state index is 15.0. The summed E-state index contributed by atoms with van der Waals surface area (Å²) < 4.78 is 27.8. The minimum atomic E-state index is -0.575. The third kappa shape index (κ3) is 4.21. The standard InChI is InChI=1S/C23H24FN3O3/c1-26(2)14-17-9-10-18(19(24)13-17)21-20(22-27(25-21)11-6-12-29-22)23(28)30-15-16-7-4-3-5-8-16/h3-5,7-10,13H,6,11-12,14-15H2,1-2H3. The second kappa shape index (κ2) is 8.67. The van der Waals surface area contributed by atoms with Crippen LogP contribution >= 0.6 is 0 Å². The Morgan fingerprint density at radius 1 is 1.20 bits per heavy atom. The van der Waals surface area contributed by atoms with E-state index in [1.807, 2.05) is 55.4 Å². The van der Waals surface area contributed by atoms with Crippen LogP contribution in [-0.4, -0.2) is 41.4 Å². The second-order valence-corrected chi connectivity index (χ2v) is 7.57. The number of aromatic nitrogens is 2. The first kappa shape index (κ1) is 20.1. The van der Waals surface area contributed by atoms with E-state index in [9.17, 15) is 9.18 Å². The van der Waals surface area contributed by atoms with E-state index in [1.54, 1.807) is 10.7 Å². The minimum absolute atomic E-state index is 0.119. The van der Waals surface area contributed by atoms with E-state index in [-0.39, 0.29) is 23.4 Å². The molecule has 1 aliphatic rings. The van der Waals surface area contributed by atoms with Crippen LogP contribution in [0.4, 0.5) is 4.39 Å². The number of hydrogen-bond acceptors (Lipinski definition) is 5. The Morgan fingerprint density at radius 2 is 2.00 bits per heavy atom. The lowest BCUT2D eigenvalue weighted by Crippen LogP contribution is -2.16. The molecule has 0 spiro atoms. The van der Waals surface area contributed by atoms with Gasteiger partial charge in [0, 0.05) is 25.1 Å². The van der Waals surface area contributed by atoms with Gasteiger partial charge in [0.2, 0.25) is 5.88 Å². The third-order valence-corrected chi connectivity index (χ3v) is 4.86. The van der Waals surface area contributed by atoms with E-state index in [0.717, 1.165) is 17.5 Å². The van der Waals surface area contributed by atoms with Crippen molar-refractivity contribution in [3.8, 4) is 17.1 Å². The van der Waals surface area contributed by atoms with Gasteiger partial charge in [-0.1, -0.05) is 36.4 Å². The minimum Gasteiger partial charge on any atom is -0.477 e. The van der Waals surface area contributed by atoms with Crippen molar-refractivity contribution in [3.05, 3.63) is 71.0 Å². The maximum Gasteiger partial charge on any atom is 0.346 e. The van der Waals surface area contributed by atoms with Crippen LogP contribution < -0.4 is 4.74 Å². The molecular formula is C23H24FN3O3. The monoisotopic (exact) mass is 409 g/mol. The lowest BCUT2D eigenvalue weighted by Gasteiger charge is -2.15. The molecule has 0 fully saturated rings. The summed E-state index contributed by atoms with van der Waals surface area (Å²) in [5, 5.41) is 4.49. The number of hydrogen-bond donors (Lipinski definition) is 0. The number of rotatable bonds is 6. The molecule has 0 unspecified atom stereocenters. The molecule has 0 saturated heterocycles. The first-order valence-electron chi connectivity index (χ1n) is 9.91. The highest BCUT2D eigenvalue weighted by atomic mass is 19.1. The van der Waals surface area contributed by atoms with Crippen LogP contribution in [-0.2, 0) is 24.4 Å². The van der Waals surface area contributed by atoms with E-state index in [1.165, 1.54) is 6.07 Å². The highest BCUT2D eigenvalue weighted by molar-refractivity contribution is 5.99. The van der Waals surface area contributed by atoms with E-state index < -0.39 is 11.8 Å². The van der Waals surface area contributed by atoms with Crippen LogP contribution in [0.2, 0.25) is 0 Å². The van der Waals surface area contributed by atoms with E-state index in [4.69, 9.17) is 9.47 Å². The van der Waals surface area contributed by atoms with Crippen LogP contribution in [0, 0.1) is 5.82 Å². The Morgan fingerprint density at radius 3 is 2.73 bits per heavy atom. The van der Waals surface area contributed by atoms with Gasteiger partial charge in [0.05, 0.1) is 6.61 Å². The Labute approximate surface area is 174 Å². The summed E-state index contributed by atoms with van der Waals surface area (Å²) in [6.07, 6.45) is 0.775. The van der Waals surface area contributed by atoms with Crippen molar-refractivity contribution < 1.29 is 18.7 Å². The lowest BCUT2D eigenvalue weighted by molar-refractivity contribution is 0.0466. The molecule has 0 saturated carbocycles. The first-order valence-corrected chi connectivity index (χ1v) is 9.91. The maximum atomic E-state index is 15.0. The zero-order valence-corrected chi connectivity index (χ0v) is 17.1. The molecule has 0 N–H and O–H groups in total. The number of benzene rings is 2. The molecule has 0 bridgehead atoms. The quantitative estimate of drug-likeness (QED) is 0.578. The van der Waals surface area contributed by atoms with E-state index in [2.05, 4.69) is 5.10 Å². The Balaban J connectivity index is 1.68. The smallest absolute Gasteiger partial charge is 0.346 e. The van der Waals surface area contributed by atoms with Gasteiger partial charge in [-0.3, -0.25) is 0 Å². The molecule has 156 valence electrons. The van der Waals surface area contributed by atoms with Gasteiger partial charge in [0.25, 0.3) is 0 Å². The van der Waals surface area contributed by atoms with E-state index >= 15 is 0 Å². The Hall–Kier alpha value is -3.19. The summed E-state index contributed by atoms with van der Waals surface area (Å²) in [6.45, 7) is 1.82. The summed E-state index contributed by atoms with van der Waals surface area (Å²) >= 11 is 0. The largest absolute Gasteiger partial charge is 0.477 e. The number of fused-ring (bicyclic) bond motifs is 1. The summed E-state index contributed by atoms with van der Waals surface area (Å²) in [6, 6.07) is 14.4. The molecule has 3 aromatic rings. The first-order chi connectivity index (χ1) is 14.5. The van der Waals surface area contributed by atoms with Crippen LogP contribution in [0.15, 0.2) is 48.5 Å². The third-order valence-electron chi connectivity index (χ3n) is 4.86. The number of halogens is 1. The van der Waals surface area contributed by atoms with Crippen LogP contribution in [0.3, 0.4) is 0 Å². The molecule has 0 atom stereocenters. The van der Waals surface area contributed by atoms with Gasteiger partial charge in [-0.15, -0.1) is 0 Å². The van der Waals surface area contributed by atoms with Gasteiger partial charge >= 0.3 is 5.97 Å². The molecular weight excluding hydrogens is 385 g/mol. The molecule has 0 aliphatic carbocycles. The molecule has 6 nitrogen and oxygen atoms in total. The number of nitrogens with zero attached hydrogens (tertiary/aromatic N) is 3. The fourth-order valence-corrected chi connectivity index (χ4v) is 3.51. The van der Waals surface area contributed by atoms with Crippen LogP contribution in [0.5, 0.6) is 5.88 Å². The van der Waals surface area contributed by atoms with Gasteiger partial charge in [0.15, 0.2) is 0 Å². The van der Waals surface area contributed by atoms with E-state index in [0.29, 0.717) is 25.6 Å². The van der Waals surface area contributed by atoms with Gasteiger partial charge in [-0.05, 0) is 37.4 Å². The van der Waals surface area contributed by atoms with Crippen molar-refractivity contribution in [1.82, 2.24) is 14.7 Å². The summed E-state index contributed by atoms with van der Waals surface area (Å²) in [5.41, 5.74) is 2.39. The Kier molecular flexibility index (Phi) is 5.81. The molecule has 0 amide bonds. The number of carbonyl (C=O) groups excluding carboxylic acids is 1. The highest BCUT2D eigenvalue weighted by Gasteiger charge is 2.30. The van der Waals surface area contributed by atoms with Crippen molar-refractivity contribution in [2.24, 2.45) is 0 Å². The van der Waals surface area contributed by atoms with Crippen molar-refractivity contribution in [2.75, 3.05) is 20.7 Å². The normalized spacial score (nSPS) is 13.1. The average molecular weight is 409 g/mol. The summed E-state index contributed by atoms with van der Waals surface area (Å²) in [4.78, 5) is 14.9. The van der Waals surface area contributed by atoms with Crippen molar-refractivity contribution in [2.45, 2.75) is 26.1 Å². The Bertz CT molecular complexity index is 1050. The second-order valence-electron chi connectivity index (χ2n) is 7.57. The molecule has 2 heterocycles. The zero-order valence-electron chi connectivity index (χ0n) is 17.1. The summed E-state index contributed by atoms with van der Waals surface area (Å²) in [7, 11) is 3.85. The SMILES string of the molecule is CN(C)Cc1ccc(-c2nn3c(c2C(=O)OCc2ccccc2)OCCC3)c(F)c1. The number of ether oxygens (including phenoxy) is 2. The topological polar surface area (TPSA) is 56.6 Å². The molecule has 1 aromatic heterocycles. The van der Waals surface area contributed by atoms with Gasteiger partial charge in [-0.25, -0.2) is 13.9 Å². The fraction of sp³-hybridized carbons (Fsp3) is 0.304. The molecule has 2 aromatic carbocycles. The van der Waals surface area contributed by atoms with Gasteiger partial charge in [0.1, 0.15) is 23.7 Å². The lowest BCUT2D eigenvalue weighted by atomic mass is 10.0. The zero-order chi connectivity index (χ0) is 21.1. The highest BCUT2D eigenvalue weighted by Crippen LogP contribution is 2.35. The van der Waals surface area contributed by atoms with Crippen LogP contribution in [0.1, 0.15) is 27.9 Å². The summed E-state index contributed by atoms with van der Waals surface area (Å²) in [5.74, 6) is -0.665. The average Bonchev–Trinajstić information content (AvgIpc) is 3.11. The fourth-order valence-electron chi connectivity index (χ4n) is 3.51. The molecule has 4 rings (SSSR count). The number of esters is 1. The molecule has 1 aliphatic heterocycles. The van der Waals surface area contributed by atoms with Crippen LogP contribution in [0.25, 0.3) is 11.3 Å². The van der Waals surface area contributed by atoms with Gasteiger partial charge in [-0.2, -0.15) is 5.10 Å². The van der Waals surface area contributed by atoms with Crippen molar-refractivity contribution in [1.29, 1.82) is 0 Å². The number of carbonyl (C=O) groups is 1. The van der Waals surface area contributed by atoms with Crippen molar-refractivity contribution in [3.63, 3.8) is 0 Å². The molecule has 30 heavy (non-hydrogen) atoms. The molecule has 0 radical (unpaired) electrons. The molecule has 7 heteroatoms. The number of aryl methyl sites for hydroxylation is 1. The van der Waals surface area contributed by atoms with Gasteiger partial charge < -0.3 is 14.4 Å².